The smallest absolute Gasteiger partial charge is 0.238 e. The van der Waals surface area contributed by atoms with Crippen LogP contribution in [0.25, 0.3) is 0 Å². The summed E-state index contributed by atoms with van der Waals surface area (Å²) < 4.78 is 0. The highest BCUT2D eigenvalue weighted by atomic mass is 16.2. The third-order valence-corrected chi connectivity index (χ3v) is 3.39. The fourth-order valence-electron chi connectivity index (χ4n) is 2.30. The Morgan fingerprint density at radius 2 is 2.00 bits per heavy atom. The molecule has 1 aromatic rings. The van der Waals surface area contributed by atoms with Crippen LogP contribution in [0.4, 0.5) is 0 Å². The first-order chi connectivity index (χ1) is 9.56. The van der Waals surface area contributed by atoms with Crippen molar-refractivity contribution in [2.24, 2.45) is 0 Å². The second-order valence-electron chi connectivity index (χ2n) is 5.38. The lowest BCUT2D eigenvalue weighted by Gasteiger charge is -2.16. The van der Waals surface area contributed by atoms with E-state index in [1.54, 1.807) is 12.1 Å². The SMILES string of the molecule is CC1CC(C(=O)NC(C)CC(=O)c2ccccc2)NN1. The zero-order valence-corrected chi connectivity index (χ0v) is 11.8. The molecule has 2 rings (SSSR count). The molecule has 0 spiro atoms. The lowest BCUT2D eigenvalue weighted by atomic mass is 10.0. The van der Waals surface area contributed by atoms with Crippen molar-refractivity contribution in [1.82, 2.24) is 16.2 Å². The van der Waals surface area contributed by atoms with Gasteiger partial charge >= 0.3 is 0 Å². The van der Waals surface area contributed by atoms with Gasteiger partial charge in [0.25, 0.3) is 0 Å². The number of hydrazine groups is 1. The molecule has 1 fully saturated rings. The van der Waals surface area contributed by atoms with Crippen LogP contribution in [0.2, 0.25) is 0 Å². The van der Waals surface area contributed by atoms with Gasteiger partial charge in [-0.1, -0.05) is 30.3 Å². The third-order valence-electron chi connectivity index (χ3n) is 3.39. The molecule has 1 heterocycles. The summed E-state index contributed by atoms with van der Waals surface area (Å²) in [6, 6.07) is 9.03. The molecule has 108 valence electrons. The topological polar surface area (TPSA) is 70.2 Å². The largest absolute Gasteiger partial charge is 0.352 e. The molecule has 1 aliphatic heterocycles. The number of ketones is 1. The molecular weight excluding hydrogens is 254 g/mol. The molecule has 3 N–H and O–H groups in total. The van der Waals surface area contributed by atoms with E-state index in [2.05, 4.69) is 16.2 Å². The summed E-state index contributed by atoms with van der Waals surface area (Å²) in [5, 5.41) is 2.88. The highest BCUT2D eigenvalue weighted by Crippen LogP contribution is 2.07. The summed E-state index contributed by atoms with van der Waals surface area (Å²) in [5.74, 6) is -0.0144. The van der Waals surface area contributed by atoms with Crippen molar-refractivity contribution in [3.63, 3.8) is 0 Å². The molecular formula is C15H21N3O2. The number of hydrogen-bond donors (Lipinski definition) is 3. The van der Waals surface area contributed by atoms with Crippen LogP contribution in [0.3, 0.4) is 0 Å². The standard InChI is InChI=1S/C15H21N3O2/c1-10(9-14(19)12-6-4-3-5-7-12)16-15(20)13-8-11(2)17-18-13/h3-7,10-11,13,17-18H,8-9H2,1-2H3,(H,16,20). The van der Waals surface area contributed by atoms with Gasteiger partial charge in [-0.05, 0) is 20.3 Å². The first-order valence-corrected chi connectivity index (χ1v) is 6.96. The lowest BCUT2D eigenvalue weighted by Crippen LogP contribution is -2.46. The Hall–Kier alpha value is -1.72. The maximum atomic E-state index is 12.0. The van der Waals surface area contributed by atoms with Crippen LogP contribution in [0.5, 0.6) is 0 Å². The van der Waals surface area contributed by atoms with E-state index in [1.165, 1.54) is 0 Å². The highest BCUT2D eigenvalue weighted by molar-refractivity contribution is 5.96. The normalized spacial score (nSPS) is 23.3. The molecule has 1 aromatic carbocycles. The predicted octanol–water partition coefficient (Wildman–Crippen LogP) is 1.02. The number of rotatable bonds is 5. The number of carbonyl (C=O) groups excluding carboxylic acids is 2. The second kappa shape index (κ2) is 6.63. The first kappa shape index (κ1) is 14.7. The number of amides is 1. The molecule has 1 saturated heterocycles. The number of hydrogen-bond acceptors (Lipinski definition) is 4. The maximum absolute atomic E-state index is 12.0. The molecule has 0 aliphatic carbocycles. The minimum atomic E-state index is -0.223. The van der Waals surface area contributed by atoms with Crippen molar-refractivity contribution < 1.29 is 9.59 Å². The van der Waals surface area contributed by atoms with Crippen molar-refractivity contribution in [3.05, 3.63) is 35.9 Å². The van der Waals surface area contributed by atoms with E-state index in [0.29, 0.717) is 12.0 Å². The minimum Gasteiger partial charge on any atom is -0.352 e. The van der Waals surface area contributed by atoms with Crippen LogP contribution < -0.4 is 16.2 Å². The van der Waals surface area contributed by atoms with Crippen molar-refractivity contribution in [1.29, 1.82) is 0 Å². The van der Waals surface area contributed by atoms with Crippen molar-refractivity contribution in [2.45, 2.75) is 44.8 Å². The number of carbonyl (C=O) groups is 2. The zero-order chi connectivity index (χ0) is 14.5. The van der Waals surface area contributed by atoms with Gasteiger partial charge < -0.3 is 5.32 Å². The Morgan fingerprint density at radius 3 is 2.60 bits per heavy atom. The van der Waals surface area contributed by atoms with E-state index < -0.39 is 0 Å². The Labute approximate surface area is 119 Å². The van der Waals surface area contributed by atoms with Crippen molar-refractivity contribution in [2.75, 3.05) is 0 Å². The van der Waals surface area contributed by atoms with Gasteiger partial charge in [-0.2, -0.15) is 0 Å². The number of nitrogens with one attached hydrogen (secondary N) is 3. The van der Waals surface area contributed by atoms with Crippen molar-refractivity contribution >= 4 is 11.7 Å². The molecule has 0 saturated carbocycles. The third kappa shape index (κ3) is 3.88. The minimum absolute atomic E-state index is 0.0456. The van der Waals surface area contributed by atoms with Crippen LogP contribution in [-0.2, 0) is 4.79 Å². The van der Waals surface area contributed by atoms with Gasteiger partial charge in [-0.15, -0.1) is 0 Å². The maximum Gasteiger partial charge on any atom is 0.238 e. The summed E-state index contributed by atoms with van der Waals surface area (Å²) >= 11 is 0. The van der Waals surface area contributed by atoms with E-state index in [-0.39, 0.29) is 29.8 Å². The molecule has 5 heteroatoms. The summed E-state index contributed by atoms with van der Waals surface area (Å²) in [5.41, 5.74) is 6.65. The number of Topliss-reactive ketones (excluding diaryl/α,β-unsaturated/α-hetero) is 1. The van der Waals surface area contributed by atoms with E-state index in [9.17, 15) is 9.59 Å². The summed E-state index contributed by atoms with van der Waals surface area (Å²) in [4.78, 5) is 24.0. The Morgan fingerprint density at radius 1 is 1.30 bits per heavy atom. The summed E-state index contributed by atoms with van der Waals surface area (Å²) in [6.45, 7) is 3.87. The second-order valence-corrected chi connectivity index (χ2v) is 5.38. The fraction of sp³-hybridized carbons (Fsp3) is 0.467. The van der Waals surface area contributed by atoms with E-state index in [4.69, 9.17) is 0 Å². The fourth-order valence-corrected chi connectivity index (χ4v) is 2.30. The number of benzene rings is 1. The molecule has 1 aliphatic rings. The highest BCUT2D eigenvalue weighted by Gasteiger charge is 2.27. The van der Waals surface area contributed by atoms with Crippen LogP contribution >= 0.6 is 0 Å². The average Bonchev–Trinajstić information content (AvgIpc) is 2.86. The van der Waals surface area contributed by atoms with Crippen LogP contribution in [-0.4, -0.2) is 29.8 Å². The zero-order valence-electron chi connectivity index (χ0n) is 11.8. The van der Waals surface area contributed by atoms with Gasteiger partial charge in [0.05, 0.1) is 0 Å². The molecule has 3 unspecified atom stereocenters. The van der Waals surface area contributed by atoms with Gasteiger partial charge in [0.1, 0.15) is 6.04 Å². The molecule has 1 amide bonds. The molecule has 0 radical (unpaired) electrons. The monoisotopic (exact) mass is 275 g/mol. The quantitative estimate of drug-likeness (QED) is 0.702. The summed E-state index contributed by atoms with van der Waals surface area (Å²) in [7, 11) is 0. The molecule has 0 bridgehead atoms. The summed E-state index contributed by atoms with van der Waals surface area (Å²) in [6.07, 6.45) is 1.07. The lowest BCUT2D eigenvalue weighted by molar-refractivity contribution is -0.123. The Bertz CT molecular complexity index is 475. The Balaban J connectivity index is 1.82. The van der Waals surface area contributed by atoms with E-state index in [1.807, 2.05) is 32.0 Å². The van der Waals surface area contributed by atoms with Crippen LogP contribution in [0.15, 0.2) is 30.3 Å². The van der Waals surface area contributed by atoms with Gasteiger partial charge in [-0.25, -0.2) is 5.43 Å². The predicted molar refractivity (Wildman–Crippen MR) is 77.1 cm³/mol. The van der Waals surface area contributed by atoms with Gasteiger partial charge in [0, 0.05) is 24.1 Å². The van der Waals surface area contributed by atoms with E-state index >= 15 is 0 Å². The van der Waals surface area contributed by atoms with Crippen molar-refractivity contribution in [3.8, 4) is 0 Å². The van der Waals surface area contributed by atoms with Gasteiger partial charge in [-0.3, -0.25) is 15.0 Å². The molecule has 5 nitrogen and oxygen atoms in total. The molecule has 20 heavy (non-hydrogen) atoms. The first-order valence-electron chi connectivity index (χ1n) is 6.96. The Kier molecular flexibility index (Phi) is 4.87. The molecule has 0 aromatic heterocycles. The van der Waals surface area contributed by atoms with Crippen LogP contribution in [0, 0.1) is 0 Å². The van der Waals surface area contributed by atoms with Crippen LogP contribution in [0.1, 0.15) is 37.0 Å². The van der Waals surface area contributed by atoms with Gasteiger partial charge in [0.15, 0.2) is 5.78 Å². The molecule has 3 atom stereocenters. The van der Waals surface area contributed by atoms with Gasteiger partial charge in [0.2, 0.25) is 5.91 Å². The average molecular weight is 275 g/mol. The van der Waals surface area contributed by atoms with E-state index in [0.717, 1.165) is 6.42 Å².